The number of fused-ring (bicyclic) bond motifs is 1. The molecule has 3 aromatic rings. The van der Waals surface area contributed by atoms with E-state index < -0.39 is 10.0 Å². The summed E-state index contributed by atoms with van der Waals surface area (Å²) in [4.78, 5) is 20.3. The van der Waals surface area contributed by atoms with Crippen LogP contribution in [0.25, 0.3) is 21.2 Å². The number of rotatable bonds is 5. The van der Waals surface area contributed by atoms with Gasteiger partial charge in [0.1, 0.15) is 0 Å². The molecule has 1 aliphatic heterocycles. The summed E-state index contributed by atoms with van der Waals surface area (Å²) in [7, 11) is 0.159. The predicted octanol–water partition coefficient (Wildman–Crippen LogP) is 2.14. The van der Waals surface area contributed by atoms with E-state index in [-0.39, 0.29) is 11.6 Å². The first-order valence-corrected chi connectivity index (χ1v) is 12.7. The lowest BCUT2D eigenvalue weighted by atomic mass is 10.1. The fraction of sp³-hybridized carbons (Fsp3) is 0.429. The lowest BCUT2D eigenvalue weighted by Gasteiger charge is -2.38. The molecule has 1 atom stereocenters. The van der Waals surface area contributed by atoms with Gasteiger partial charge in [0.25, 0.3) is 5.56 Å². The smallest absolute Gasteiger partial charge is 0.259 e. The first kappa shape index (κ1) is 21.9. The first-order chi connectivity index (χ1) is 14.7. The van der Waals surface area contributed by atoms with Crippen molar-refractivity contribution in [2.75, 3.05) is 33.0 Å². The Morgan fingerprint density at radius 1 is 1.29 bits per heavy atom. The molecule has 4 rings (SSSR count). The maximum Gasteiger partial charge on any atom is 0.259 e. The van der Waals surface area contributed by atoms with E-state index >= 15 is 0 Å². The molecule has 3 aromatic heterocycles. The Kier molecular flexibility index (Phi) is 5.91. The lowest BCUT2D eigenvalue weighted by Crippen LogP contribution is -2.52. The summed E-state index contributed by atoms with van der Waals surface area (Å²) in [6.45, 7) is 4.35. The van der Waals surface area contributed by atoms with Gasteiger partial charge < -0.3 is 9.30 Å². The van der Waals surface area contributed by atoms with E-state index in [4.69, 9.17) is 4.74 Å². The molecule has 0 spiro atoms. The van der Waals surface area contributed by atoms with Gasteiger partial charge in [0, 0.05) is 72.9 Å². The summed E-state index contributed by atoms with van der Waals surface area (Å²) in [5.74, 6) is 0.522. The van der Waals surface area contributed by atoms with Crippen molar-refractivity contribution < 1.29 is 13.2 Å². The summed E-state index contributed by atoms with van der Waals surface area (Å²) in [6, 6.07) is 5.85. The zero-order valence-electron chi connectivity index (χ0n) is 18.0. The van der Waals surface area contributed by atoms with Crippen molar-refractivity contribution in [1.29, 1.82) is 0 Å². The van der Waals surface area contributed by atoms with Crippen LogP contribution in [0, 0.1) is 0 Å². The van der Waals surface area contributed by atoms with Crippen molar-refractivity contribution >= 4 is 31.4 Å². The third kappa shape index (κ3) is 4.38. The molecule has 1 saturated heterocycles. The molecule has 0 saturated carbocycles. The van der Waals surface area contributed by atoms with Crippen molar-refractivity contribution in [2.45, 2.75) is 19.5 Å². The highest BCUT2D eigenvalue weighted by molar-refractivity contribution is 7.88. The van der Waals surface area contributed by atoms with Gasteiger partial charge in [-0.05, 0) is 24.6 Å². The van der Waals surface area contributed by atoms with Gasteiger partial charge >= 0.3 is 0 Å². The Labute approximate surface area is 185 Å². The highest BCUT2D eigenvalue weighted by atomic mass is 32.2. The summed E-state index contributed by atoms with van der Waals surface area (Å²) >= 11 is 1.61. The minimum Gasteiger partial charge on any atom is -0.481 e. The van der Waals surface area contributed by atoms with Crippen LogP contribution in [0.4, 0.5) is 0 Å². The number of aryl methyl sites for hydroxylation is 1. The summed E-state index contributed by atoms with van der Waals surface area (Å²) < 4.78 is 33.1. The van der Waals surface area contributed by atoms with Crippen LogP contribution in [0.15, 0.2) is 35.4 Å². The molecule has 31 heavy (non-hydrogen) atoms. The largest absolute Gasteiger partial charge is 0.481 e. The molecule has 1 fully saturated rings. The molecule has 1 aliphatic rings. The van der Waals surface area contributed by atoms with Crippen molar-refractivity contribution in [3.05, 3.63) is 45.8 Å². The standard InChI is InChI=1S/C21H26N4O4S2/c1-14-11-25(31(4,27)28)8-7-24(14)12-16-10-17-20(30-16)18(13-23(2)21(17)26)15-5-6-22-19(9-15)29-3/h5-6,9-10,13-14H,7-8,11-12H2,1-4H3. The van der Waals surface area contributed by atoms with Crippen LogP contribution in [0.5, 0.6) is 5.88 Å². The van der Waals surface area contributed by atoms with Crippen LogP contribution in [-0.2, 0) is 23.6 Å². The average molecular weight is 463 g/mol. The second kappa shape index (κ2) is 8.34. The second-order valence-electron chi connectivity index (χ2n) is 7.94. The monoisotopic (exact) mass is 462 g/mol. The topological polar surface area (TPSA) is 84.7 Å². The number of pyridine rings is 2. The molecule has 4 heterocycles. The normalized spacial score (nSPS) is 18.5. The average Bonchev–Trinajstić information content (AvgIpc) is 3.15. The fourth-order valence-electron chi connectivity index (χ4n) is 3.97. The van der Waals surface area contributed by atoms with E-state index in [0.29, 0.717) is 37.4 Å². The van der Waals surface area contributed by atoms with Gasteiger partial charge in [-0.2, -0.15) is 4.31 Å². The van der Waals surface area contributed by atoms with Crippen LogP contribution in [-0.4, -0.2) is 66.2 Å². The predicted molar refractivity (Wildman–Crippen MR) is 123 cm³/mol. The van der Waals surface area contributed by atoms with Gasteiger partial charge in [0.15, 0.2) is 0 Å². The zero-order chi connectivity index (χ0) is 22.3. The van der Waals surface area contributed by atoms with Gasteiger partial charge in [-0.1, -0.05) is 0 Å². The highest BCUT2D eigenvalue weighted by Crippen LogP contribution is 2.34. The molecule has 0 N–H and O–H groups in total. The van der Waals surface area contributed by atoms with Crippen molar-refractivity contribution in [1.82, 2.24) is 18.8 Å². The summed E-state index contributed by atoms with van der Waals surface area (Å²) in [5, 5.41) is 0.693. The molecule has 0 bridgehead atoms. The van der Waals surface area contributed by atoms with Crippen LogP contribution in [0.2, 0.25) is 0 Å². The lowest BCUT2D eigenvalue weighted by molar-refractivity contribution is 0.123. The maximum absolute atomic E-state index is 12.8. The SMILES string of the molecule is COc1cc(-c2cn(C)c(=O)c3cc(CN4CCN(S(C)(=O)=O)CC4C)sc23)ccn1. The molecule has 8 nitrogen and oxygen atoms in total. The number of aromatic nitrogens is 2. The number of thiophene rings is 1. The van der Waals surface area contributed by atoms with Crippen LogP contribution >= 0.6 is 11.3 Å². The van der Waals surface area contributed by atoms with E-state index in [1.807, 2.05) is 31.3 Å². The highest BCUT2D eigenvalue weighted by Gasteiger charge is 2.29. The van der Waals surface area contributed by atoms with Crippen LogP contribution < -0.4 is 10.3 Å². The number of methoxy groups -OCH3 is 1. The van der Waals surface area contributed by atoms with Crippen molar-refractivity contribution in [2.24, 2.45) is 7.05 Å². The maximum atomic E-state index is 12.8. The second-order valence-corrected chi connectivity index (χ2v) is 11.1. The molecule has 0 aromatic carbocycles. The summed E-state index contributed by atoms with van der Waals surface area (Å²) in [6.07, 6.45) is 4.81. The molecule has 10 heteroatoms. The summed E-state index contributed by atoms with van der Waals surface area (Å²) in [5.41, 5.74) is 1.87. The molecule has 0 aliphatic carbocycles. The first-order valence-electron chi connectivity index (χ1n) is 9.99. The Hall–Kier alpha value is -2.27. The fourth-order valence-corrected chi connectivity index (χ4v) is 6.08. The van der Waals surface area contributed by atoms with Crippen molar-refractivity contribution in [3.63, 3.8) is 0 Å². The molecule has 1 unspecified atom stereocenters. The molecular formula is C21H26N4O4S2. The van der Waals surface area contributed by atoms with E-state index in [2.05, 4.69) is 9.88 Å². The van der Waals surface area contributed by atoms with E-state index in [9.17, 15) is 13.2 Å². The van der Waals surface area contributed by atoms with Gasteiger partial charge in [0.2, 0.25) is 15.9 Å². The van der Waals surface area contributed by atoms with E-state index in [0.717, 1.165) is 20.7 Å². The van der Waals surface area contributed by atoms with E-state index in [1.165, 1.54) is 10.6 Å². The van der Waals surface area contributed by atoms with Gasteiger partial charge in [-0.15, -0.1) is 11.3 Å². The molecule has 166 valence electrons. The number of ether oxygens (including phenoxy) is 1. The third-order valence-electron chi connectivity index (χ3n) is 5.71. The molecular weight excluding hydrogens is 436 g/mol. The van der Waals surface area contributed by atoms with Crippen LogP contribution in [0.3, 0.4) is 0 Å². The Morgan fingerprint density at radius 3 is 2.74 bits per heavy atom. The van der Waals surface area contributed by atoms with Gasteiger partial charge in [0.05, 0.1) is 18.8 Å². The minimum atomic E-state index is -3.18. The number of nitrogens with zero attached hydrogens (tertiary/aromatic N) is 4. The Morgan fingerprint density at radius 2 is 2.06 bits per heavy atom. The van der Waals surface area contributed by atoms with Crippen molar-refractivity contribution in [3.8, 4) is 17.0 Å². The molecule has 0 radical (unpaired) electrons. The number of sulfonamides is 1. The Bertz CT molecular complexity index is 1280. The number of piperazine rings is 1. The molecule has 0 amide bonds. The third-order valence-corrected chi connectivity index (χ3v) is 8.13. The van der Waals surface area contributed by atoms with Gasteiger partial charge in [-0.3, -0.25) is 9.69 Å². The van der Waals surface area contributed by atoms with Crippen LogP contribution in [0.1, 0.15) is 11.8 Å². The van der Waals surface area contributed by atoms with E-state index in [1.54, 1.807) is 36.3 Å². The number of hydrogen-bond acceptors (Lipinski definition) is 7. The number of hydrogen-bond donors (Lipinski definition) is 0. The minimum absolute atomic E-state index is 0.0304. The van der Waals surface area contributed by atoms with Gasteiger partial charge in [-0.25, -0.2) is 13.4 Å². The Balaban J connectivity index is 1.68. The quantitative estimate of drug-likeness (QED) is 0.578. The zero-order valence-corrected chi connectivity index (χ0v) is 19.7.